The Kier molecular flexibility index (Phi) is 11.0. The maximum Gasteiger partial charge on any atom is 0.345 e. The smallest absolute Gasteiger partial charge is 0.345 e. The van der Waals surface area contributed by atoms with Gasteiger partial charge in [0.15, 0.2) is 11.9 Å². The summed E-state index contributed by atoms with van der Waals surface area (Å²) in [5.41, 5.74) is 4.29. The number of nitrogens with zero attached hydrogens (tertiary/aromatic N) is 2. The molecule has 0 radical (unpaired) electrons. The molecule has 2 atom stereocenters. The van der Waals surface area contributed by atoms with Gasteiger partial charge in [-0.3, -0.25) is 0 Å². The average Bonchev–Trinajstić information content (AvgIpc) is 3.43. The maximum atomic E-state index is 12.8. The Labute approximate surface area is 305 Å². The van der Waals surface area contributed by atoms with E-state index < -0.39 is 18.2 Å². The van der Waals surface area contributed by atoms with Crippen LogP contribution >= 0.6 is 50.5 Å². The summed E-state index contributed by atoms with van der Waals surface area (Å²) in [7, 11) is 0. The summed E-state index contributed by atoms with van der Waals surface area (Å²) in [6, 6.07) is 14.9. The van der Waals surface area contributed by atoms with Crippen LogP contribution in [0.4, 0.5) is 0 Å². The molecule has 2 aliphatic rings. The van der Waals surface area contributed by atoms with E-state index in [1.165, 1.54) is 17.7 Å². The molecule has 4 heterocycles. The van der Waals surface area contributed by atoms with Crippen molar-refractivity contribution in [3.63, 3.8) is 0 Å². The molecule has 49 heavy (non-hydrogen) atoms. The number of hydrogen-bond donors (Lipinski definition) is 1. The highest BCUT2D eigenvalue weighted by Crippen LogP contribution is 2.51. The van der Waals surface area contributed by atoms with E-state index in [0.717, 1.165) is 14.9 Å². The molecule has 7 rings (SSSR count). The summed E-state index contributed by atoms with van der Waals surface area (Å²) in [5.74, 6) is 0.156. The Morgan fingerprint density at radius 2 is 1.86 bits per heavy atom. The first kappa shape index (κ1) is 35.0. The fourth-order valence-corrected chi connectivity index (χ4v) is 7.80. The van der Waals surface area contributed by atoms with Crippen molar-refractivity contribution in [1.29, 1.82) is 0 Å². The van der Waals surface area contributed by atoms with E-state index in [0.29, 0.717) is 66.4 Å². The lowest BCUT2D eigenvalue weighted by Crippen LogP contribution is -2.31. The molecule has 0 fully saturated rings. The van der Waals surface area contributed by atoms with Crippen LogP contribution in [0.25, 0.3) is 21.3 Å². The normalized spacial score (nSPS) is 15.9. The van der Waals surface area contributed by atoms with Crippen LogP contribution in [0.2, 0.25) is 10.0 Å². The lowest BCUT2D eigenvalue weighted by Gasteiger charge is -2.24. The van der Waals surface area contributed by atoms with E-state index in [1.54, 1.807) is 24.3 Å². The van der Waals surface area contributed by atoms with Crippen LogP contribution in [0.1, 0.15) is 22.3 Å². The minimum absolute atomic E-state index is 0.0594. The molecule has 0 saturated heterocycles. The predicted octanol–water partition coefficient (Wildman–Crippen LogP) is 9.04. The summed E-state index contributed by atoms with van der Waals surface area (Å²) >= 11 is 19.1. The highest BCUT2D eigenvalue weighted by Gasteiger charge is 2.30. The molecule has 4 bridgehead atoms. The first-order valence-corrected chi connectivity index (χ1v) is 17.6. The molecule has 0 spiro atoms. The van der Waals surface area contributed by atoms with Crippen LogP contribution in [0.5, 0.6) is 23.1 Å². The van der Waals surface area contributed by atoms with Crippen molar-refractivity contribution in [1.82, 2.24) is 9.97 Å². The van der Waals surface area contributed by atoms with Crippen molar-refractivity contribution in [2.75, 3.05) is 19.8 Å². The van der Waals surface area contributed by atoms with Crippen LogP contribution in [0, 0.1) is 13.8 Å². The maximum absolute atomic E-state index is 12.8. The Morgan fingerprint density at radius 1 is 1.10 bits per heavy atom. The lowest BCUT2D eigenvalue weighted by atomic mass is 9.95. The van der Waals surface area contributed by atoms with Gasteiger partial charge in [-0.1, -0.05) is 59.6 Å². The van der Waals surface area contributed by atoms with Gasteiger partial charge in [0.2, 0.25) is 12.0 Å². The zero-order valence-corrected chi connectivity index (χ0v) is 30.4. The molecule has 5 aromatic rings. The average molecular weight is 787 g/mol. The first-order valence-electron chi connectivity index (χ1n) is 15.2. The first-order chi connectivity index (χ1) is 23.7. The van der Waals surface area contributed by atoms with E-state index >= 15 is 0 Å². The molecule has 1 N–H and O–H groups in total. The summed E-state index contributed by atoms with van der Waals surface area (Å²) in [4.78, 5) is 22.3. The Balaban J connectivity index is 1.51. The van der Waals surface area contributed by atoms with Gasteiger partial charge in [0.05, 0.1) is 32.4 Å². The lowest BCUT2D eigenvalue weighted by molar-refractivity contribution is -0.145. The van der Waals surface area contributed by atoms with Crippen molar-refractivity contribution in [3.05, 3.63) is 104 Å². The minimum Gasteiger partial charge on any atom is -0.490 e. The quantitative estimate of drug-likeness (QED) is 0.122. The third kappa shape index (κ3) is 7.51. The molecular formula is C36H31BrCl2N2O7S. The summed E-state index contributed by atoms with van der Waals surface area (Å²) < 4.78 is 31.6. The van der Waals surface area contributed by atoms with Crippen LogP contribution in [-0.2, 0) is 22.6 Å². The summed E-state index contributed by atoms with van der Waals surface area (Å²) in [6.45, 7) is 8.25. The number of benzene rings is 3. The van der Waals surface area contributed by atoms with Crippen molar-refractivity contribution >= 4 is 66.7 Å². The van der Waals surface area contributed by atoms with E-state index in [-0.39, 0.29) is 32.1 Å². The van der Waals surface area contributed by atoms with Gasteiger partial charge in [-0.2, -0.15) is 0 Å². The molecule has 0 unspecified atom stereocenters. The van der Waals surface area contributed by atoms with E-state index in [2.05, 4.69) is 32.5 Å². The molecule has 9 nitrogen and oxygen atoms in total. The molecule has 0 saturated carbocycles. The van der Waals surface area contributed by atoms with Crippen molar-refractivity contribution in [2.24, 2.45) is 0 Å². The Hall–Kier alpha value is -3.87. The number of thiophene rings is 1. The summed E-state index contributed by atoms with van der Waals surface area (Å²) in [5, 5.41) is 11.6. The number of halogens is 3. The number of carboxylic acids is 1. The molecule has 254 valence electrons. The molecule has 0 amide bonds. The third-order valence-corrected chi connectivity index (χ3v) is 10.6. The molecule has 13 heteroatoms. The SMILES string of the molecule is C=CCOC[C@@H]1COc2ccc(OCc3ccccc3)c(c2)C[C@H](C(=O)O)Oc2ncnc3sc(Br)c(c23)-c2c(C)c(Cl)c(c(Cl)c2C)O1. The number of hydrogen-bond acceptors (Lipinski definition) is 9. The number of fused-ring (bicyclic) bond motifs is 7. The molecule has 3 aromatic carbocycles. The zero-order chi connectivity index (χ0) is 34.7. The fraction of sp³-hybridized carbons (Fsp3) is 0.250. The fourth-order valence-electron chi connectivity index (χ4n) is 5.56. The van der Waals surface area contributed by atoms with E-state index in [9.17, 15) is 9.90 Å². The van der Waals surface area contributed by atoms with Crippen LogP contribution < -0.4 is 18.9 Å². The van der Waals surface area contributed by atoms with Crippen LogP contribution in [-0.4, -0.2) is 53.1 Å². The van der Waals surface area contributed by atoms with Gasteiger partial charge in [-0.25, -0.2) is 14.8 Å². The number of carboxylic acid groups (broad SMARTS) is 1. The summed E-state index contributed by atoms with van der Waals surface area (Å²) in [6.07, 6.45) is 0.950. The van der Waals surface area contributed by atoms with Gasteiger partial charge < -0.3 is 28.8 Å². The topological polar surface area (TPSA) is 109 Å². The number of carbonyl (C=O) groups is 1. The third-order valence-electron chi connectivity index (χ3n) is 7.93. The molecule has 0 aliphatic carbocycles. The van der Waals surface area contributed by atoms with Gasteiger partial charge in [-0.15, -0.1) is 17.9 Å². The molecule has 2 aliphatic heterocycles. The highest BCUT2D eigenvalue weighted by molar-refractivity contribution is 9.11. The number of rotatable bonds is 8. The number of ether oxygens (including phenoxy) is 5. The number of aromatic nitrogens is 2. The largest absolute Gasteiger partial charge is 0.490 e. The second kappa shape index (κ2) is 15.3. The molecular weight excluding hydrogens is 755 g/mol. The highest BCUT2D eigenvalue weighted by atomic mass is 79.9. The van der Waals surface area contributed by atoms with Gasteiger partial charge in [0.1, 0.15) is 35.9 Å². The van der Waals surface area contributed by atoms with Gasteiger partial charge in [0.25, 0.3) is 0 Å². The standard InChI is InChI=1S/C36H31BrCl2N2O7S/c1-4-12-44-16-24-17-45-23-10-11-25(46-15-21-8-6-5-7-9-21)22(13-23)14-26(36(42)43)48-34-29-28(33(37)49-35(29)41-18-40-34)27-19(2)30(38)32(47-24)31(39)20(27)3/h4-11,13,18,24,26H,1,12,14-17H2,2-3H3,(H,42,43)/t24-,26-/m1/s1. The van der Waals surface area contributed by atoms with Crippen molar-refractivity contribution in [2.45, 2.75) is 39.1 Å². The van der Waals surface area contributed by atoms with E-state index in [4.69, 9.17) is 46.9 Å². The minimum atomic E-state index is -1.35. The van der Waals surface area contributed by atoms with Crippen LogP contribution in [0.15, 0.2) is 71.3 Å². The van der Waals surface area contributed by atoms with Crippen molar-refractivity contribution < 1.29 is 33.6 Å². The van der Waals surface area contributed by atoms with Gasteiger partial charge >= 0.3 is 5.97 Å². The zero-order valence-electron chi connectivity index (χ0n) is 26.5. The second-order valence-electron chi connectivity index (χ2n) is 11.3. The Bertz CT molecular complexity index is 2000. The molecule has 2 aromatic heterocycles. The van der Waals surface area contributed by atoms with Crippen molar-refractivity contribution in [3.8, 4) is 34.3 Å². The predicted molar refractivity (Wildman–Crippen MR) is 194 cm³/mol. The van der Waals surface area contributed by atoms with E-state index in [1.807, 2.05) is 44.2 Å². The van der Waals surface area contributed by atoms with Gasteiger partial charge in [0, 0.05) is 17.5 Å². The second-order valence-corrected chi connectivity index (χ2v) is 14.3. The Morgan fingerprint density at radius 3 is 2.57 bits per heavy atom. The van der Waals surface area contributed by atoms with Gasteiger partial charge in [-0.05, 0) is 70.2 Å². The number of aliphatic carboxylic acids is 1. The monoisotopic (exact) mass is 784 g/mol. The van der Waals surface area contributed by atoms with Crippen LogP contribution in [0.3, 0.4) is 0 Å².